The van der Waals surface area contributed by atoms with Crippen LogP contribution in [0.5, 0.6) is 11.5 Å². The summed E-state index contributed by atoms with van der Waals surface area (Å²) in [5.74, 6) is -0.397. The smallest absolute Gasteiger partial charge is 0.296 e. The molecule has 0 bridgehead atoms. The predicted molar refractivity (Wildman–Crippen MR) is 170 cm³/mol. The van der Waals surface area contributed by atoms with Crippen molar-refractivity contribution in [1.29, 1.82) is 0 Å². The van der Waals surface area contributed by atoms with Gasteiger partial charge < -0.3 is 19.0 Å². The van der Waals surface area contributed by atoms with Gasteiger partial charge in [0.15, 0.2) is 27.2 Å². The number of methoxy groups -OCH3 is 1. The molecule has 11 heteroatoms. The lowest BCUT2D eigenvalue weighted by Gasteiger charge is -2.24. The molecule has 1 atom stereocenters. The molecule has 2 aromatic heterocycles. The van der Waals surface area contributed by atoms with Crippen LogP contribution in [0.1, 0.15) is 33.3 Å². The molecule has 44 heavy (non-hydrogen) atoms. The molecule has 1 N–H and O–H groups in total. The average molecular weight is 626 g/mol. The largest absolute Gasteiger partial charge is 0.503 e. The van der Waals surface area contributed by atoms with Gasteiger partial charge in [-0.15, -0.1) is 10.2 Å². The van der Waals surface area contributed by atoms with Gasteiger partial charge in [-0.25, -0.2) is 0 Å². The van der Waals surface area contributed by atoms with Crippen molar-refractivity contribution in [2.24, 2.45) is 0 Å². The number of hydrogen-bond acceptors (Lipinski definition) is 10. The number of fused-ring (bicyclic) bond motifs is 1. The van der Waals surface area contributed by atoms with Crippen LogP contribution < -0.4 is 14.4 Å². The Labute approximate surface area is 261 Å². The molecule has 222 valence electrons. The Hall–Kier alpha value is -4.87. The van der Waals surface area contributed by atoms with Crippen molar-refractivity contribution in [2.45, 2.75) is 23.1 Å². The summed E-state index contributed by atoms with van der Waals surface area (Å²) in [6.45, 7) is 6.02. The molecule has 1 aliphatic rings. The number of aromatic nitrogens is 2. The molecular formula is C33H27N3O6S2. The Bertz CT molecular complexity index is 1890. The van der Waals surface area contributed by atoms with Gasteiger partial charge in [-0.2, -0.15) is 0 Å². The number of aliphatic hydroxyl groups is 1. The first-order chi connectivity index (χ1) is 21.4. The minimum Gasteiger partial charge on any atom is -0.503 e. The van der Waals surface area contributed by atoms with Crippen molar-refractivity contribution >= 4 is 50.9 Å². The Morgan fingerprint density at radius 1 is 1.14 bits per heavy atom. The number of Topliss-reactive ketones (excluding diaryl/α,β-unsaturated/α-hetero) is 1. The molecule has 0 saturated carbocycles. The van der Waals surface area contributed by atoms with Gasteiger partial charge in [-0.05, 0) is 42.3 Å². The maximum atomic E-state index is 14.0. The fourth-order valence-electron chi connectivity index (χ4n) is 4.88. The molecule has 0 spiro atoms. The molecule has 0 fully saturated rings. The van der Waals surface area contributed by atoms with Crippen LogP contribution in [0.4, 0.5) is 5.13 Å². The zero-order valence-electron chi connectivity index (χ0n) is 23.9. The second-order valence-electron chi connectivity index (χ2n) is 9.95. The van der Waals surface area contributed by atoms with Crippen molar-refractivity contribution < 1.29 is 28.6 Å². The monoisotopic (exact) mass is 625 g/mol. The maximum absolute atomic E-state index is 14.0. The third kappa shape index (κ3) is 5.59. The van der Waals surface area contributed by atoms with E-state index in [-0.39, 0.29) is 16.5 Å². The van der Waals surface area contributed by atoms with Crippen LogP contribution in [0.3, 0.4) is 0 Å². The lowest BCUT2D eigenvalue weighted by atomic mass is 9.95. The molecule has 0 aliphatic carbocycles. The number of anilines is 1. The van der Waals surface area contributed by atoms with Crippen LogP contribution in [-0.2, 0) is 10.5 Å². The minimum absolute atomic E-state index is 0.0387. The highest BCUT2D eigenvalue weighted by molar-refractivity contribution is 8.00. The Kier molecular flexibility index (Phi) is 8.23. The number of rotatable bonds is 11. The first-order valence-corrected chi connectivity index (χ1v) is 15.4. The van der Waals surface area contributed by atoms with E-state index in [4.69, 9.17) is 13.9 Å². The van der Waals surface area contributed by atoms with E-state index in [0.29, 0.717) is 44.7 Å². The van der Waals surface area contributed by atoms with E-state index < -0.39 is 23.5 Å². The third-order valence-electron chi connectivity index (χ3n) is 7.05. The average Bonchev–Trinajstić information content (AvgIpc) is 3.76. The molecule has 0 radical (unpaired) electrons. The summed E-state index contributed by atoms with van der Waals surface area (Å²) in [5.41, 5.74) is 3.13. The molecule has 3 heterocycles. The summed E-state index contributed by atoms with van der Waals surface area (Å²) in [7, 11) is 1.51. The number of thioether (sulfide) groups is 1. The molecule has 5 aromatic rings. The summed E-state index contributed by atoms with van der Waals surface area (Å²) < 4.78 is 17.6. The zero-order chi connectivity index (χ0) is 30.8. The number of amides is 1. The second-order valence-corrected chi connectivity index (χ2v) is 12.1. The summed E-state index contributed by atoms with van der Waals surface area (Å²) in [5, 5.41) is 20.7. The number of benzene rings is 3. The summed E-state index contributed by atoms with van der Waals surface area (Å²) in [4.78, 5) is 29.0. The van der Waals surface area contributed by atoms with E-state index in [9.17, 15) is 14.7 Å². The number of carbonyl (C=O) groups excluding carboxylic acids is 2. The van der Waals surface area contributed by atoms with Crippen LogP contribution >= 0.6 is 23.1 Å². The lowest BCUT2D eigenvalue weighted by molar-refractivity contribution is -0.117. The van der Waals surface area contributed by atoms with Gasteiger partial charge in [0.25, 0.3) is 5.91 Å². The van der Waals surface area contributed by atoms with Gasteiger partial charge in [0.1, 0.15) is 12.4 Å². The molecule has 1 amide bonds. The topological polar surface area (TPSA) is 115 Å². The van der Waals surface area contributed by atoms with Crippen molar-refractivity contribution in [3.8, 4) is 11.5 Å². The molecule has 6 rings (SSSR count). The molecular weight excluding hydrogens is 599 g/mol. The van der Waals surface area contributed by atoms with Crippen LogP contribution in [0, 0.1) is 6.92 Å². The fraction of sp³-hybridized carbons (Fsp3) is 0.152. The van der Waals surface area contributed by atoms with Crippen molar-refractivity contribution in [1.82, 2.24) is 10.2 Å². The van der Waals surface area contributed by atoms with E-state index in [1.54, 1.807) is 54.6 Å². The first kappa shape index (κ1) is 29.2. The molecule has 1 unspecified atom stereocenters. The normalized spacial score (nSPS) is 14.8. The van der Waals surface area contributed by atoms with Gasteiger partial charge in [0.2, 0.25) is 10.9 Å². The van der Waals surface area contributed by atoms with E-state index in [2.05, 4.69) is 28.9 Å². The number of para-hydroxylation sites is 1. The van der Waals surface area contributed by atoms with Crippen molar-refractivity contribution in [2.75, 3.05) is 18.6 Å². The Morgan fingerprint density at radius 2 is 1.91 bits per heavy atom. The number of nitrogens with zero attached hydrogens (tertiary/aromatic N) is 3. The summed E-state index contributed by atoms with van der Waals surface area (Å²) in [6.07, 6.45) is 1.63. The van der Waals surface area contributed by atoms with Crippen molar-refractivity contribution in [3.63, 3.8) is 0 Å². The number of aliphatic hydroxyl groups excluding tert-OH is 1. The van der Waals surface area contributed by atoms with Crippen LogP contribution in [0.15, 0.2) is 106 Å². The Morgan fingerprint density at radius 3 is 2.64 bits per heavy atom. The number of ketones is 1. The van der Waals surface area contributed by atoms with Crippen LogP contribution in [0.25, 0.3) is 11.0 Å². The molecule has 3 aromatic carbocycles. The predicted octanol–water partition coefficient (Wildman–Crippen LogP) is 7.24. The molecule has 0 saturated heterocycles. The lowest BCUT2D eigenvalue weighted by Crippen LogP contribution is -2.31. The maximum Gasteiger partial charge on any atom is 0.296 e. The van der Waals surface area contributed by atoms with Gasteiger partial charge >= 0.3 is 0 Å². The Balaban J connectivity index is 1.36. The minimum atomic E-state index is -0.999. The quantitative estimate of drug-likeness (QED) is 0.0702. The number of ether oxygens (including phenoxy) is 2. The van der Waals surface area contributed by atoms with E-state index in [0.717, 1.165) is 5.56 Å². The number of aryl methyl sites for hydroxylation is 1. The van der Waals surface area contributed by atoms with Gasteiger partial charge in [-0.1, -0.05) is 89.8 Å². The number of hydrogen-bond donors (Lipinski definition) is 1. The highest BCUT2D eigenvalue weighted by Crippen LogP contribution is 2.44. The second kappa shape index (κ2) is 12.4. The third-order valence-corrected chi connectivity index (χ3v) is 9.18. The fourth-order valence-corrected chi connectivity index (χ4v) is 6.70. The van der Waals surface area contributed by atoms with Crippen molar-refractivity contribution in [3.05, 3.63) is 119 Å². The van der Waals surface area contributed by atoms with Gasteiger partial charge in [0.05, 0.1) is 18.7 Å². The van der Waals surface area contributed by atoms with E-state index >= 15 is 0 Å². The zero-order valence-corrected chi connectivity index (χ0v) is 25.5. The molecule has 9 nitrogen and oxygen atoms in total. The SMILES string of the molecule is C=CCOc1ccc(C2C(C(=O)c3cc4cccc(OC)c4o3)=C(O)C(=O)N2c2nnc(SCc3ccc(C)cc3)s2)cc1. The van der Waals surface area contributed by atoms with Gasteiger partial charge in [-0.3, -0.25) is 14.5 Å². The summed E-state index contributed by atoms with van der Waals surface area (Å²) in [6, 6.07) is 21.0. The molecule has 1 aliphatic heterocycles. The standard InChI is InChI=1S/C33H27N3O6S2/c1-4-16-41-23-14-12-21(13-15-23)27-26(28(37)25-17-22-6-5-7-24(40-3)30(22)42-25)29(38)31(39)36(27)32-34-35-33(44-32)43-18-20-10-8-19(2)9-11-20/h4-15,17,27,38H,1,16,18H2,2-3H3. The highest BCUT2D eigenvalue weighted by atomic mass is 32.2. The number of carbonyl (C=O) groups is 2. The van der Waals surface area contributed by atoms with Crippen LogP contribution in [0.2, 0.25) is 0 Å². The van der Waals surface area contributed by atoms with Gasteiger partial charge in [0, 0.05) is 11.1 Å². The van der Waals surface area contributed by atoms with E-state index in [1.165, 1.54) is 40.7 Å². The summed E-state index contributed by atoms with van der Waals surface area (Å²) >= 11 is 2.70. The van der Waals surface area contributed by atoms with Crippen LogP contribution in [-0.4, -0.2) is 40.7 Å². The number of furan rings is 1. The first-order valence-electron chi connectivity index (χ1n) is 13.6. The highest BCUT2D eigenvalue weighted by Gasteiger charge is 2.47. The van der Waals surface area contributed by atoms with E-state index in [1.807, 2.05) is 19.1 Å².